The summed E-state index contributed by atoms with van der Waals surface area (Å²) < 4.78 is 30.7. The Morgan fingerprint density at radius 1 is 1.27 bits per heavy atom. The van der Waals surface area contributed by atoms with Gasteiger partial charge in [0.05, 0.1) is 5.75 Å². The molecular weight excluding hydrogens is 212 g/mol. The Balaban J connectivity index is 3.12. The van der Waals surface area contributed by atoms with Gasteiger partial charge in [-0.2, -0.15) is 8.42 Å². The van der Waals surface area contributed by atoms with Crippen molar-refractivity contribution in [3.05, 3.63) is 35.4 Å². The minimum atomic E-state index is -3.95. The van der Waals surface area contributed by atoms with Crippen molar-refractivity contribution >= 4 is 10.1 Å². The maximum atomic E-state index is 10.9. The maximum Gasteiger partial charge on any atom is 0.265 e. The summed E-state index contributed by atoms with van der Waals surface area (Å²) in [5, 5.41) is 0. The van der Waals surface area contributed by atoms with E-state index in [0.29, 0.717) is 0 Å². The average molecular weight is 228 g/mol. The monoisotopic (exact) mass is 228 g/mol. The fourth-order valence-corrected chi connectivity index (χ4v) is 2.93. The molecule has 0 aliphatic heterocycles. The van der Waals surface area contributed by atoms with Gasteiger partial charge in [-0.05, 0) is 18.1 Å². The molecule has 1 rings (SSSR count). The zero-order valence-electron chi connectivity index (χ0n) is 9.19. The first kappa shape index (κ1) is 12.2. The highest BCUT2D eigenvalue weighted by atomic mass is 32.2. The van der Waals surface area contributed by atoms with Crippen LogP contribution in [-0.4, -0.2) is 18.7 Å². The van der Waals surface area contributed by atoms with Crippen molar-refractivity contribution in [2.75, 3.05) is 5.75 Å². The Morgan fingerprint density at radius 3 is 2.27 bits per heavy atom. The van der Waals surface area contributed by atoms with Crippen LogP contribution in [0.15, 0.2) is 24.3 Å². The van der Waals surface area contributed by atoms with Gasteiger partial charge in [-0.1, -0.05) is 38.1 Å². The lowest BCUT2D eigenvalue weighted by Crippen LogP contribution is -2.28. The fraction of sp³-hybridized carbons (Fsp3) is 0.455. The van der Waals surface area contributed by atoms with Gasteiger partial charge in [0.1, 0.15) is 0 Å². The van der Waals surface area contributed by atoms with Gasteiger partial charge in [0.15, 0.2) is 0 Å². The van der Waals surface area contributed by atoms with Crippen molar-refractivity contribution in [3.63, 3.8) is 0 Å². The molecule has 0 saturated carbocycles. The van der Waals surface area contributed by atoms with E-state index >= 15 is 0 Å². The Labute approximate surface area is 90.9 Å². The van der Waals surface area contributed by atoms with E-state index < -0.39 is 15.5 Å². The standard InChI is InChI=1S/C11H16O3S/c1-9-6-4-5-7-10(9)11(2,3)8-15(12,13)14/h4-7H,8H2,1-3H3,(H,12,13,14). The molecule has 1 N–H and O–H groups in total. The lowest BCUT2D eigenvalue weighted by molar-refractivity contribution is 0.460. The molecule has 0 aromatic heterocycles. The first-order valence-electron chi connectivity index (χ1n) is 4.74. The van der Waals surface area contributed by atoms with Crippen molar-refractivity contribution in [2.45, 2.75) is 26.2 Å². The third kappa shape index (κ3) is 3.32. The number of aryl methyl sites for hydroxylation is 1. The van der Waals surface area contributed by atoms with Crippen molar-refractivity contribution in [3.8, 4) is 0 Å². The summed E-state index contributed by atoms with van der Waals surface area (Å²) in [6, 6.07) is 7.60. The van der Waals surface area contributed by atoms with Crippen molar-refractivity contribution in [1.29, 1.82) is 0 Å². The van der Waals surface area contributed by atoms with Crippen molar-refractivity contribution in [2.24, 2.45) is 0 Å². The van der Waals surface area contributed by atoms with Crippen molar-refractivity contribution in [1.82, 2.24) is 0 Å². The highest BCUT2D eigenvalue weighted by molar-refractivity contribution is 7.85. The van der Waals surface area contributed by atoms with Gasteiger partial charge in [-0.3, -0.25) is 4.55 Å². The van der Waals surface area contributed by atoms with Crippen LogP contribution in [-0.2, 0) is 15.5 Å². The third-order valence-corrected chi connectivity index (χ3v) is 3.50. The van der Waals surface area contributed by atoms with E-state index in [1.54, 1.807) is 0 Å². The van der Waals surface area contributed by atoms with Crippen molar-refractivity contribution < 1.29 is 13.0 Å². The first-order chi connectivity index (χ1) is 6.72. The molecule has 0 aliphatic carbocycles. The molecule has 0 heterocycles. The zero-order valence-corrected chi connectivity index (χ0v) is 10.0. The van der Waals surface area contributed by atoms with E-state index in [1.807, 2.05) is 45.0 Å². The van der Waals surface area contributed by atoms with Gasteiger partial charge in [0.25, 0.3) is 10.1 Å². The lowest BCUT2D eigenvalue weighted by Gasteiger charge is -2.25. The summed E-state index contributed by atoms with van der Waals surface area (Å²) in [6.07, 6.45) is 0. The molecule has 84 valence electrons. The highest BCUT2D eigenvalue weighted by Gasteiger charge is 2.27. The van der Waals surface area contributed by atoms with Crippen LogP contribution in [0.1, 0.15) is 25.0 Å². The second-order valence-electron chi connectivity index (χ2n) is 4.43. The quantitative estimate of drug-likeness (QED) is 0.807. The summed E-state index contributed by atoms with van der Waals surface area (Å²) >= 11 is 0. The summed E-state index contributed by atoms with van der Waals surface area (Å²) in [5.41, 5.74) is 1.41. The van der Waals surface area contributed by atoms with Crippen LogP contribution in [0.4, 0.5) is 0 Å². The molecule has 0 spiro atoms. The molecule has 0 aliphatic rings. The van der Waals surface area contributed by atoms with Crippen LogP contribution < -0.4 is 0 Å². The Kier molecular flexibility index (Phi) is 3.21. The van der Waals surface area contributed by atoms with E-state index in [9.17, 15) is 8.42 Å². The van der Waals surface area contributed by atoms with Gasteiger partial charge in [0, 0.05) is 5.41 Å². The van der Waals surface area contributed by atoms with E-state index in [2.05, 4.69) is 0 Å². The maximum absolute atomic E-state index is 10.9. The Hall–Kier alpha value is -0.870. The molecular formula is C11H16O3S. The summed E-state index contributed by atoms with van der Waals surface area (Å²) in [4.78, 5) is 0. The Morgan fingerprint density at radius 2 is 1.80 bits per heavy atom. The molecule has 0 unspecified atom stereocenters. The number of hydrogen-bond acceptors (Lipinski definition) is 2. The Bertz CT molecular complexity index is 447. The lowest BCUT2D eigenvalue weighted by atomic mass is 9.84. The summed E-state index contributed by atoms with van der Waals surface area (Å²) in [5.74, 6) is -0.259. The second-order valence-corrected chi connectivity index (χ2v) is 5.88. The molecule has 0 fully saturated rings. The topological polar surface area (TPSA) is 54.4 Å². The number of rotatable bonds is 3. The third-order valence-electron chi connectivity index (χ3n) is 2.42. The molecule has 0 bridgehead atoms. The van der Waals surface area contributed by atoms with Crippen LogP contribution in [0, 0.1) is 6.92 Å². The minimum Gasteiger partial charge on any atom is -0.286 e. The van der Waals surface area contributed by atoms with E-state index in [1.165, 1.54) is 0 Å². The molecule has 1 aromatic rings. The second kappa shape index (κ2) is 3.94. The van der Waals surface area contributed by atoms with Gasteiger partial charge in [-0.25, -0.2) is 0 Å². The molecule has 0 radical (unpaired) electrons. The van der Waals surface area contributed by atoms with Gasteiger partial charge >= 0.3 is 0 Å². The SMILES string of the molecule is Cc1ccccc1C(C)(C)CS(=O)(=O)O. The van der Waals surface area contributed by atoms with Crippen LogP contribution in [0.3, 0.4) is 0 Å². The highest BCUT2D eigenvalue weighted by Crippen LogP contribution is 2.27. The largest absolute Gasteiger partial charge is 0.286 e. The van der Waals surface area contributed by atoms with Gasteiger partial charge in [-0.15, -0.1) is 0 Å². The smallest absolute Gasteiger partial charge is 0.265 e. The molecule has 1 aromatic carbocycles. The number of benzene rings is 1. The molecule has 4 heteroatoms. The van der Waals surface area contributed by atoms with E-state index in [-0.39, 0.29) is 5.75 Å². The van der Waals surface area contributed by atoms with Crippen LogP contribution in [0.2, 0.25) is 0 Å². The first-order valence-corrected chi connectivity index (χ1v) is 6.34. The zero-order chi connectivity index (χ0) is 11.7. The normalized spacial score (nSPS) is 12.8. The molecule has 3 nitrogen and oxygen atoms in total. The van der Waals surface area contributed by atoms with Crippen LogP contribution >= 0.6 is 0 Å². The van der Waals surface area contributed by atoms with E-state index in [4.69, 9.17) is 4.55 Å². The van der Waals surface area contributed by atoms with Gasteiger partial charge < -0.3 is 0 Å². The van der Waals surface area contributed by atoms with Gasteiger partial charge in [0.2, 0.25) is 0 Å². The molecule has 15 heavy (non-hydrogen) atoms. The minimum absolute atomic E-state index is 0.259. The van der Waals surface area contributed by atoms with E-state index in [0.717, 1.165) is 11.1 Å². The molecule has 0 saturated heterocycles. The molecule has 0 atom stereocenters. The number of hydrogen-bond donors (Lipinski definition) is 1. The fourth-order valence-electron chi connectivity index (χ4n) is 1.87. The predicted molar refractivity (Wildman–Crippen MR) is 60.6 cm³/mol. The summed E-state index contributed by atoms with van der Waals surface area (Å²) in [6.45, 7) is 5.55. The molecule has 0 amide bonds. The van der Waals surface area contributed by atoms with Crippen LogP contribution in [0.5, 0.6) is 0 Å². The predicted octanol–water partition coefficient (Wildman–Crippen LogP) is 2.16. The summed E-state index contributed by atoms with van der Waals surface area (Å²) in [7, 11) is -3.95. The average Bonchev–Trinajstić information content (AvgIpc) is 1.99. The van der Waals surface area contributed by atoms with Crippen LogP contribution in [0.25, 0.3) is 0 Å².